The van der Waals surface area contributed by atoms with Crippen LogP contribution in [0.2, 0.25) is 0 Å². The van der Waals surface area contributed by atoms with Crippen LogP contribution >= 0.6 is 0 Å². The summed E-state index contributed by atoms with van der Waals surface area (Å²) in [5, 5.41) is 0. The van der Waals surface area contributed by atoms with E-state index in [1.54, 1.807) is 14.2 Å². The van der Waals surface area contributed by atoms with Crippen molar-refractivity contribution in [1.29, 1.82) is 0 Å². The highest BCUT2D eigenvalue weighted by Crippen LogP contribution is 2.23. The molecule has 0 saturated carbocycles. The van der Waals surface area contributed by atoms with Crippen molar-refractivity contribution in [3.05, 3.63) is 53.3 Å². The Labute approximate surface area is 159 Å². The van der Waals surface area contributed by atoms with E-state index < -0.39 is 0 Å². The van der Waals surface area contributed by atoms with Crippen molar-refractivity contribution < 1.29 is 31.0 Å². The van der Waals surface area contributed by atoms with Gasteiger partial charge in [0.05, 0.1) is 20.8 Å². The summed E-state index contributed by atoms with van der Waals surface area (Å²) in [6.07, 6.45) is 2.19. The van der Waals surface area contributed by atoms with Crippen LogP contribution in [0.25, 0.3) is 11.0 Å². The van der Waals surface area contributed by atoms with E-state index >= 15 is 0 Å². The van der Waals surface area contributed by atoms with Crippen LogP contribution in [0.4, 0.5) is 0 Å². The van der Waals surface area contributed by atoms with Gasteiger partial charge in [0, 0.05) is 11.6 Å². The van der Waals surface area contributed by atoms with E-state index in [1.807, 2.05) is 6.07 Å². The molecule has 1 heterocycles. The van der Waals surface area contributed by atoms with Gasteiger partial charge in [-0.15, -0.1) is 0 Å². The van der Waals surface area contributed by atoms with E-state index in [0.717, 1.165) is 30.2 Å². The Balaban J connectivity index is 0.00000225. The smallest absolute Gasteiger partial charge is 0.245 e. The molecule has 5 heteroatoms. The van der Waals surface area contributed by atoms with Gasteiger partial charge in [-0.25, -0.2) is 9.13 Å². The molecule has 0 saturated heterocycles. The van der Waals surface area contributed by atoms with Crippen LogP contribution in [0.5, 0.6) is 11.5 Å². The molecular formula is C20H25BrN2O2. The van der Waals surface area contributed by atoms with Crippen LogP contribution in [-0.4, -0.2) is 18.8 Å². The molecule has 0 spiro atoms. The molecule has 3 aromatic rings. The Bertz CT molecular complexity index is 865. The van der Waals surface area contributed by atoms with Crippen LogP contribution in [0.3, 0.4) is 0 Å². The minimum Gasteiger partial charge on any atom is -1.00 e. The first-order valence-electron chi connectivity index (χ1n) is 8.27. The number of benzene rings is 2. The molecule has 0 radical (unpaired) electrons. The van der Waals surface area contributed by atoms with Crippen molar-refractivity contribution in [3.8, 4) is 11.5 Å². The van der Waals surface area contributed by atoms with Crippen molar-refractivity contribution in [1.82, 2.24) is 4.57 Å². The quantitative estimate of drug-likeness (QED) is 0.583. The molecule has 0 fully saturated rings. The second-order valence-electron chi connectivity index (χ2n) is 6.18. The number of imidazole rings is 1. The van der Waals surface area contributed by atoms with Gasteiger partial charge in [-0.2, -0.15) is 0 Å². The van der Waals surface area contributed by atoms with E-state index in [-0.39, 0.29) is 17.0 Å². The second kappa shape index (κ2) is 7.91. The SMILES string of the molecule is CCn1c[n+](Cc2cc(OC)cc(OC)c2)c2cc(C)c(C)cc21.[Br-]. The first-order chi connectivity index (χ1) is 11.5. The van der Waals surface area contributed by atoms with Crippen molar-refractivity contribution in [2.75, 3.05) is 14.2 Å². The number of fused-ring (bicyclic) bond motifs is 1. The summed E-state index contributed by atoms with van der Waals surface area (Å²) >= 11 is 0. The Morgan fingerprint density at radius 3 is 2.08 bits per heavy atom. The summed E-state index contributed by atoms with van der Waals surface area (Å²) in [7, 11) is 3.36. The summed E-state index contributed by atoms with van der Waals surface area (Å²) in [4.78, 5) is 0. The number of rotatable bonds is 5. The zero-order valence-electron chi connectivity index (χ0n) is 15.5. The largest absolute Gasteiger partial charge is 1.00 e. The van der Waals surface area contributed by atoms with Crippen molar-refractivity contribution >= 4 is 11.0 Å². The monoisotopic (exact) mass is 404 g/mol. The molecule has 0 unspecified atom stereocenters. The Hall–Kier alpha value is -2.01. The molecule has 0 amide bonds. The highest BCUT2D eigenvalue weighted by atomic mass is 79.9. The number of ether oxygens (including phenoxy) is 2. The van der Waals surface area contributed by atoms with Gasteiger partial charge in [0.1, 0.15) is 18.0 Å². The van der Waals surface area contributed by atoms with E-state index in [2.05, 4.69) is 60.5 Å². The van der Waals surface area contributed by atoms with Crippen LogP contribution in [0, 0.1) is 13.8 Å². The summed E-state index contributed by atoms with van der Waals surface area (Å²) in [6.45, 7) is 8.23. The molecule has 0 atom stereocenters. The Morgan fingerprint density at radius 1 is 0.920 bits per heavy atom. The lowest BCUT2D eigenvalue weighted by atomic mass is 10.1. The zero-order chi connectivity index (χ0) is 17.3. The predicted molar refractivity (Wildman–Crippen MR) is 95.9 cm³/mol. The molecule has 0 aliphatic rings. The number of methoxy groups -OCH3 is 2. The van der Waals surface area contributed by atoms with Crippen molar-refractivity contribution in [3.63, 3.8) is 0 Å². The predicted octanol–water partition coefficient (Wildman–Crippen LogP) is 0.635. The molecular weight excluding hydrogens is 380 g/mol. The van der Waals surface area contributed by atoms with Crippen LogP contribution in [0.1, 0.15) is 23.6 Å². The van der Waals surface area contributed by atoms with Gasteiger partial charge < -0.3 is 26.5 Å². The second-order valence-corrected chi connectivity index (χ2v) is 6.18. The zero-order valence-corrected chi connectivity index (χ0v) is 17.1. The minimum atomic E-state index is 0. The third-order valence-corrected chi connectivity index (χ3v) is 4.59. The minimum absolute atomic E-state index is 0. The van der Waals surface area contributed by atoms with Gasteiger partial charge in [0.15, 0.2) is 11.0 Å². The van der Waals surface area contributed by atoms with Crippen LogP contribution < -0.4 is 31.0 Å². The first-order valence-corrected chi connectivity index (χ1v) is 8.27. The fraction of sp³-hybridized carbons (Fsp3) is 0.350. The number of hydrogen-bond donors (Lipinski definition) is 0. The normalized spacial score (nSPS) is 10.6. The van der Waals surface area contributed by atoms with Gasteiger partial charge in [0.25, 0.3) is 0 Å². The van der Waals surface area contributed by atoms with E-state index in [0.29, 0.717) is 0 Å². The number of aromatic nitrogens is 2. The molecule has 1 aromatic heterocycles. The standard InChI is InChI=1S/C20H25N2O2.BrH/c1-6-21-13-22(20-8-15(3)14(2)7-19(20)21)12-16-9-17(23-4)11-18(10-16)24-5;/h7-11,13H,6,12H2,1-5H3;1H/q+1;/p-1. The molecule has 25 heavy (non-hydrogen) atoms. The van der Waals surface area contributed by atoms with E-state index in [9.17, 15) is 0 Å². The number of aryl methyl sites for hydroxylation is 3. The fourth-order valence-corrected chi connectivity index (χ4v) is 3.07. The number of hydrogen-bond acceptors (Lipinski definition) is 2. The molecule has 0 aliphatic heterocycles. The maximum Gasteiger partial charge on any atom is 0.245 e. The van der Waals surface area contributed by atoms with E-state index in [1.165, 1.54) is 22.2 Å². The molecule has 0 N–H and O–H groups in total. The Morgan fingerprint density at radius 2 is 1.52 bits per heavy atom. The van der Waals surface area contributed by atoms with Gasteiger partial charge in [-0.05, 0) is 56.2 Å². The highest BCUT2D eigenvalue weighted by molar-refractivity contribution is 5.74. The highest BCUT2D eigenvalue weighted by Gasteiger charge is 2.17. The third kappa shape index (κ3) is 3.82. The molecule has 4 nitrogen and oxygen atoms in total. The van der Waals surface area contributed by atoms with Crippen molar-refractivity contribution in [2.45, 2.75) is 33.9 Å². The van der Waals surface area contributed by atoms with Crippen LogP contribution in [0.15, 0.2) is 36.7 Å². The average molecular weight is 405 g/mol. The molecule has 134 valence electrons. The molecule has 0 bridgehead atoms. The molecule has 2 aromatic carbocycles. The van der Waals surface area contributed by atoms with Gasteiger partial charge in [-0.1, -0.05) is 0 Å². The molecule has 0 aliphatic carbocycles. The first kappa shape index (κ1) is 19.3. The molecule has 3 rings (SSSR count). The van der Waals surface area contributed by atoms with Crippen molar-refractivity contribution in [2.24, 2.45) is 0 Å². The van der Waals surface area contributed by atoms with Crippen LogP contribution in [-0.2, 0) is 13.1 Å². The topological polar surface area (TPSA) is 27.3 Å². The fourth-order valence-electron chi connectivity index (χ4n) is 3.07. The van der Waals surface area contributed by atoms with Gasteiger partial charge >= 0.3 is 0 Å². The Kier molecular flexibility index (Phi) is 6.11. The lowest BCUT2D eigenvalue weighted by Crippen LogP contribution is -3.00. The average Bonchev–Trinajstić information content (AvgIpc) is 2.91. The lowest BCUT2D eigenvalue weighted by Gasteiger charge is -2.07. The summed E-state index contributed by atoms with van der Waals surface area (Å²) in [6, 6.07) is 10.6. The van der Waals surface area contributed by atoms with Gasteiger partial charge in [0.2, 0.25) is 6.33 Å². The summed E-state index contributed by atoms with van der Waals surface area (Å²) < 4.78 is 15.4. The number of halogens is 1. The van der Waals surface area contributed by atoms with E-state index in [4.69, 9.17) is 9.47 Å². The summed E-state index contributed by atoms with van der Waals surface area (Å²) in [5.74, 6) is 1.63. The van der Waals surface area contributed by atoms with Gasteiger partial charge in [-0.3, -0.25) is 0 Å². The summed E-state index contributed by atoms with van der Waals surface area (Å²) in [5.41, 5.74) is 6.32. The lowest BCUT2D eigenvalue weighted by molar-refractivity contribution is -0.663. The maximum atomic E-state index is 5.39. The maximum absolute atomic E-state index is 5.39. The number of nitrogens with zero attached hydrogens (tertiary/aromatic N) is 2. The third-order valence-electron chi connectivity index (χ3n) is 4.59.